The molecule has 0 aromatic rings. The Hall–Kier alpha value is -0.920. The fourth-order valence-electron chi connectivity index (χ4n) is 10.7. The van der Waals surface area contributed by atoms with E-state index in [9.17, 15) is 9.59 Å². The summed E-state index contributed by atoms with van der Waals surface area (Å²) in [5.74, 6) is 2.72. The number of Topliss-reactive ketones (excluding diaryl/α,β-unsaturated/α-hetero) is 2. The van der Waals surface area contributed by atoms with Crippen LogP contribution in [0.3, 0.4) is 0 Å². The molecule has 0 unspecified atom stereocenters. The van der Waals surface area contributed by atoms with Gasteiger partial charge in [-0.1, -0.05) is 55.0 Å². The van der Waals surface area contributed by atoms with Gasteiger partial charge in [-0.25, -0.2) is 0 Å². The summed E-state index contributed by atoms with van der Waals surface area (Å²) in [6.45, 7) is 21.4. The fraction of sp³-hybridized carbons (Fsp3) is 0.867. The van der Waals surface area contributed by atoms with Crippen molar-refractivity contribution in [1.29, 1.82) is 0 Å². The lowest BCUT2D eigenvalue weighted by Gasteiger charge is -2.74. The van der Waals surface area contributed by atoms with E-state index in [1.165, 1.54) is 32.1 Å². The molecule has 5 saturated carbocycles. The van der Waals surface area contributed by atoms with Gasteiger partial charge in [0.1, 0.15) is 5.78 Å². The van der Waals surface area contributed by atoms with Crippen molar-refractivity contribution in [3.63, 3.8) is 0 Å². The molecule has 0 N–H and O–H groups in total. The maximum Gasteiger partial charge on any atom is 0.158 e. The molecule has 0 aromatic carbocycles. The summed E-state index contributed by atoms with van der Waals surface area (Å²) in [7, 11) is 0. The van der Waals surface area contributed by atoms with Crippen LogP contribution in [0.2, 0.25) is 0 Å². The van der Waals surface area contributed by atoms with Crippen molar-refractivity contribution in [1.82, 2.24) is 0 Å². The lowest BCUT2D eigenvalue weighted by Crippen LogP contribution is -2.67. The Morgan fingerprint density at radius 3 is 2.06 bits per heavy atom. The Kier molecular flexibility index (Phi) is 4.57. The van der Waals surface area contributed by atoms with Crippen molar-refractivity contribution in [2.24, 2.45) is 50.2 Å². The molecule has 0 aromatic heterocycles. The van der Waals surface area contributed by atoms with Crippen LogP contribution in [0, 0.1) is 50.2 Å². The first-order chi connectivity index (χ1) is 14.6. The van der Waals surface area contributed by atoms with Gasteiger partial charge in [0.15, 0.2) is 5.78 Å². The summed E-state index contributed by atoms with van der Waals surface area (Å²) < 4.78 is 0. The molecule has 2 heteroatoms. The van der Waals surface area contributed by atoms with Crippen molar-refractivity contribution < 1.29 is 9.59 Å². The van der Waals surface area contributed by atoms with Gasteiger partial charge in [-0.3, -0.25) is 9.59 Å². The Morgan fingerprint density at radius 1 is 0.750 bits per heavy atom. The summed E-state index contributed by atoms with van der Waals surface area (Å²) in [6, 6.07) is 0. The Balaban J connectivity index is 1.56. The highest BCUT2D eigenvalue weighted by molar-refractivity contribution is 5.97. The Bertz CT molecular complexity index is 899. The molecule has 8 atom stereocenters. The third-order valence-corrected chi connectivity index (χ3v) is 13.1. The first-order valence-electron chi connectivity index (χ1n) is 13.4. The van der Waals surface area contributed by atoms with Crippen LogP contribution in [0.5, 0.6) is 0 Å². The number of fused-ring (bicyclic) bond motifs is 7. The minimum absolute atomic E-state index is 0.00683. The van der Waals surface area contributed by atoms with Gasteiger partial charge in [-0.15, -0.1) is 0 Å². The van der Waals surface area contributed by atoms with Gasteiger partial charge in [0.05, 0.1) is 0 Å². The molecule has 2 nitrogen and oxygen atoms in total. The van der Waals surface area contributed by atoms with E-state index in [2.05, 4.69) is 55.0 Å². The number of carbonyl (C=O) groups excluding carboxylic acids is 2. The monoisotopic (exact) mass is 438 g/mol. The zero-order valence-corrected chi connectivity index (χ0v) is 21.8. The zero-order valence-electron chi connectivity index (χ0n) is 21.8. The summed E-state index contributed by atoms with van der Waals surface area (Å²) in [4.78, 5) is 25.6. The van der Waals surface area contributed by atoms with Crippen molar-refractivity contribution in [3.8, 4) is 0 Å². The number of rotatable bonds is 0. The van der Waals surface area contributed by atoms with Crippen LogP contribution in [0.1, 0.15) is 113 Å². The third kappa shape index (κ3) is 2.54. The minimum Gasteiger partial charge on any atom is -0.299 e. The average Bonchev–Trinajstić information content (AvgIpc) is 2.70. The van der Waals surface area contributed by atoms with Crippen molar-refractivity contribution in [2.75, 3.05) is 0 Å². The predicted octanol–water partition coefficient (Wildman–Crippen LogP) is 7.56. The lowest BCUT2D eigenvalue weighted by molar-refractivity contribution is -0.246. The maximum absolute atomic E-state index is 13.0. The van der Waals surface area contributed by atoms with E-state index in [4.69, 9.17) is 0 Å². The number of ketones is 2. The zero-order chi connectivity index (χ0) is 23.5. The van der Waals surface area contributed by atoms with Crippen molar-refractivity contribution in [2.45, 2.75) is 113 Å². The third-order valence-electron chi connectivity index (χ3n) is 13.1. The van der Waals surface area contributed by atoms with Crippen LogP contribution < -0.4 is 0 Å². The molecule has 0 saturated heterocycles. The van der Waals surface area contributed by atoms with E-state index in [-0.39, 0.29) is 21.7 Å². The highest BCUT2D eigenvalue weighted by atomic mass is 16.1. The van der Waals surface area contributed by atoms with E-state index in [1.54, 1.807) is 0 Å². The Labute approximate surface area is 196 Å². The molecule has 0 spiro atoms. The second-order valence-corrected chi connectivity index (χ2v) is 14.7. The second-order valence-electron chi connectivity index (χ2n) is 14.7. The van der Waals surface area contributed by atoms with Crippen LogP contribution in [0.15, 0.2) is 12.2 Å². The van der Waals surface area contributed by atoms with E-state index in [0.29, 0.717) is 46.6 Å². The van der Waals surface area contributed by atoms with E-state index in [1.807, 2.05) is 0 Å². The van der Waals surface area contributed by atoms with Gasteiger partial charge in [-0.2, -0.15) is 0 Å². The molecule has 0 bridgehead atoms. The van der Waals surface area contributed by atoms with Crippen LogP contribution in [-0.2, 0) is 9.59 Å². The molecule has 5 aliphatic rings. The number of carbonyl (C=O) groups is 2. The van der Waals surface area contributed by atoms with Gasteiger partial charge >= 0.3 is 0 Å². The van der Waals surface area contributed by atoms with Crippen LogP contribution in [0.4, 0.5) is 0 Å². The van der Waals surface area contributed by atoms with Gasteiger partial charge < -0.3 is 0 Å². The maximum atomic E-state index is 13.0. The summed E-state index contributed by atoms with van der Waals surface area (Å²) in [5, 5.41) is 0. The molecule has 32 heavy (non-hydrogen) atoms. The van der Waals surface area contributed by atoms with E-state index in [0.717, 1.165) is 31.3 Å². The van der Waals surface area contributed by atoms with Crippen LogP contribution in [-0.4, -0.2) is 11.6 Å². The van der Waals surface area contributed by atoms with E-state index >= 15 is 0 Å². The van der Waals surface area contributed by atoms with Crippen molar-refractivity contribution >= 4 is 11.6 Å². The molecular formula is C30H46O2. The molecule has 0 aliphatic heterocycles. The fourth-order valence-corrected chi connectivity index (χ4v) is 10.7. The summed E-state index contributed by atoms with van der Waals surface area (Å²) in [5.41, 5.74) is 1.80. The first-order valence-corrected chi connectivity index (χ1v) is 13.4. The number of allylic oxidation sites excluding steroid dienone is 1. The molecule has 178 valence electrons. The number of hydrogen-bond donors (Lipinski definition) is 0. The SMILES string of the molecule is C=C1C(=O)CC[C@H]2[C@]3(C)CC[C@@]4(C)[C@@H]5CC(C)(C)C(=O)C[C@]5(C)CC[C@]4(C)[C@H]3CC[C@]12C. The van der Waals surface area contributed by atoms with Gasteiger partial charge in [0.2, 0.25) is 0 Å². The molecule has 0 amide bonds. The second kappa shape index (κ2) is 6.39. The standard InChI is InChI=1S/C30H46O2/c1-19-20(31)9-10-21-27(19,5)12-11-22-28(21,6)14-16-30(8)23-17-25(2,3)24(32)18-26(23,4)13-15-29(22,30)7/h21-23H,1,9-18H2,2-8H3/t21-,22+,23-,26+,27-,28+,29-,30+/m1/s1. The molecule has 0 heterocycles. The summed E-state index contributed by atoms with van der Waals surface area (Å²) >= 11 is 0. The molecule has 5 rings (SSSR count). The summed E-state index contributed by atoms with van der Waals surface area (Å²) in [6.07, 6.45) is 10.9. The minimum atomic E-state index is -0.182. The first kappa shape index (κ1) is 22.9. The quantitative estimate of drug-likeness (QED) is 0.366. The van der Waals surface area contributed by atoms with Crippen LogP contribution in [0.25, 0.3) is 0 Å². The highest BCUT2D eigenvalue weighted by Gasteiger charge is 2.71. The number of hydrogen-bond acceptors (Lipinski definition) is 2. The highest BCUT2D eigenvalue weighted by Crippen LogP contribution is 2.78. The lowest BCUT2D eigenvalue weighted by atomic mass is 9.30. The van der Waals surface area contributed by atoms with Gasteiger partial charge in [0.25, 0.3) is 0 Å². The normalized spacial score (nSPS) is 54.8. The topological polar surface area (TPSA) is 34.1 Å². The molecule has 5 fully saturated rings. The van der Waals surface area contributed by atoms with Gasteiger partial charge in [0, 0.05) is 18.3 Å². The molecular weight excluding hydrogens is 392 g/mol. The molecule has 5 aliphatic carbocycles. The molecule has 0 radical (unpaired) electrons. The van der Waals surface area contributed by atoms with Crippen molar-refractivity contribution in [3.05, 3.63) is 12.2 Å². The largest absolute Gasteiger partial charge is 0.299 e. The van der Waals surface area contributed by atoms with E-state index < -0.39 is 0 Å². The predicted molar refractivity (Wildman–Crippen MR) is 130 cm³/mol. The van der Waals surface area contributed by atoms with Crippen LogP contribution >= 0.6 is 0 Å². The Morgan fingerprint density at radius 2 is 1.38 bits per heavy atom. The van der Waals surface area contributed by atoms with Gasteiger partial charge in [-0.05, 0) is 102 Å². The average molecular weight is 439 g/mol. The smallest absolute Gasteiger partial charge is 0.158 e.